The predicted octanol–water partition coefficient (Wildman–Crippen LogP) is 3.28. The van der Waals surface area contributed by atoms with Crippen molar-refractivity contribution in [1.29, 1.82) is 0 Å². The highest BCUT2D eigenvalue weighted by atomic mass is 31.1. The van der Waals surface area contributed by atoms with E-state index >= 15 is 0 Å². The normalized spacial score (nSPS) is 11.1. The zero-order chi connectivity index (χ0) is 12.8. The van der Waals surface area contributed by atoms with E-state index in [-0.39, 0.29) is 0 Å². The third-order valence-corrected chi connectivity index (χ3v) is 4.81. The molecule has 0 aliphatic carbocycles. The average Bonchev–Trinajstić information content (AvgIpc) is 2.41. The minimum Gasteiger partial charge on any atom is -0.288 e. The highest BCUT2D eigenvalue weighted by Gasteiger charge is 2.12. The SMILES string of the molecule is CC(C)CNP(c1ccccc1)c1ccccc1. The molecule has 0 saturated heterocycles. The lowest BCUT2D eigenvalue weighted by atomic mass is 10.2. The van der Waals surface area contributed by atoms with E-state index in [4.69, 9.17) is 0 Å². The Labute approximate surface area is 111 Å². The van der Waals surface area contributed by atoms with Crippen LogP contribution < -0.4 is 15.7 Å². The molecule has 1 N–H and O–H groups in total. The largest absolute Gasteiger partial charge is 0.288 e. The second-order valence-corrected chi connectivity index (χ2v) is 6.78. The lowest BCUT2D eigenvalue weighted by molar-refractivity contribution is 0.638. The van der Waals surface area contributed by atoms with Crippen molar-refractivity contribution < 1.29 is 0 Å². The molecule has 2 rings (SSSR count). The van der Waals surface area contributed by atoms with Crippen molar-refractivity contribution in [3.8, 4) is 0 Å². The van der Waals surface area contributed by atoms with E-state index < -0.39 is 8.07 Å². The van der Waals surface area contributed by atoms with E-state index in [2.05, 4.69) is 79.6 Å². The molecule has 2 heteroatoms. The summed E-state index contributed by atoms with van der Waals surface area (Å²) in [5, 5.41) is 6.49. The molecule has 1 nitrogen and oxygen atoms in total. The maximum atomic E-state index is 3.72. The number of hydrogen-bond donors (Lipinski definition) is 1. The van der Waals surface area contributed by atoms with E-state index in [1.54, 1.807) is 0 Å². The summed E-state index contributed by atoms with van der Waals surface area (Å²) < 4.78 is 0. The molecule has 0 unspecified atom stereocenters. The van der Waals surface area contributed by atoms with Crippen molar-refractivity contribution in [2.45, 2.75) is 13.8 Å². The van der Waals surface area contributed by atoms with Gasteiger partial charge in [0, 0.05) is 14.6 Å². The van der Waals surface area contributed by atoms with Gasteiger partial charge in [0.1, 0.15) is 0 Å². The maximum Gasteiger partial charge on any atom is 0.0253 e. The van der Waals surface area contributed by atoms with E-state index in [1.165, 1.54) is 10.6 Å². The van der Waals surface area contributed by atoms with Gasteiger partial charge in [-0.1, -0.05) is 74.5 Å². The molecule has 2 aromatic carbocycles. The van der Waals surface area contributed by atoms with Gasteiger partial charge in [0.05, 0.1) is 0 Å². The average molecular weight is 257 g/mol. The fourth-order valence-corrected chi connectivity index (χ4v) is 3.91. The highest BCUT2D eigenvalue weighted by Crippen LogP contribution is 2.28. The first-order valence-electron chi connectivity index (χ1n) is 6.41. The molecular formula is C16H20NP. The van der Waals surface area contributed by atoms with Crippen molar-refractivity contribution in [2.24, 2.45) is 5.92 Å². The summed E-state index contributed by atoms with van der Waals surface area (Å²) in [7, 11) is -0.433. The lowest BCUT2D eigenvalue weighted by Gasteiger charge is -2.21. The second-order valence-electron chi connectivity index (χ2n) is 4.76. The van der Waals surface area contributed by atoms with Crippen LogP contribution in [-0.2, 0) is 0 Å². The molecule has 0 bridgehead atoms. The predicted molar refractivity (Wildman–Crippen MR) is 81.9 cm³/mol. The third kappa shape index (κ3) is 3.66. The Morgan fingerprint density at radius 1 is 0.833 bits per heavy atom. The van der Waals surface area contributed by atoms with Gasteiger partial charge in [0.25, 0.3) is 0 Å². The summed E-state index contributed by atoms with van der Waals surface area (Å²) in [6.45, 7) is 5.54. The molecule has 0 saturated carbocycles. The fraction of sp³-hybridized carbons (Fsp3) is 0.250. The first-order chi connectivity index (χ1) is 8.77. The zero-order valence-electron chi connectivity index (χ0n) is 11.0. The van der Waals surface area contributed by atoms with Gasteiger partial charge in [0.2, 0.25) is 0 Å². The molecular weight excluding hydrogens is 237 g/mol. The van der Waals surface area contributed by atoms with Gasteiger partial charge >= 0.3 is 0 Å². The molecule has 0 spiro atoms. The number of benzene rings is 2. The van der Waals surface area contributed by atoms with Crippen molar-refractivity contribution in [2.75, 3.05) is 6.54 Å². The van der Waals surface area contributed by atoms with Crippen LogP contribution in [0.2, 0.25) is 0 Å². The molecule has 0 aliphatic rings. The molecule has 0 radical (unpaired) electrons. The Morgan fingerprint density at radius 2 is 1.28 bits per heavy atom. The first-order valence-corrected chi connectivity index (χ1v) is 7.75. The molecule has 0 amide bonds. The van der Waals surface area contributed by atoms with Gasteiger partial charge in [-0.3, -0.25) is 5.09 Å². The lowest BCUT2D eigenvalue weighted by Crippen LogP contribution is -2.26. The van der Waals surface area contributed by atoms with Crippen molar-refractivity contribution >= 4 is 18.7 Å². The number of hydrogen-bond acceptors (Lipinski definition) is 1. The monoisotopic (exact) mass is 257 g/mol. The van der Waals surface area contributed by atoms with E-state index in [0.717, 1.165) is 6.54 Å². The van der Waals surface area contributed by atoms with Crippen LogP contribution in [0.5, 0.6) is 0 Å². The Hall–Kier alpha value is -1.17. The summed E-state index contributed by atoms with van der Waals surface area (Å²) in [5.74, 6) is 0.669. The van der Waals surface area contributed by atoms with Crippen molar-refractivity contribution in [3.05, 3.63) is 60.7 Å². The van der Waals surface area contributed by atoms with Gasteiger partial charge in [-0.2, -0.15) is 0 Å². The van der Waals surface area contributed by atoms with E-state index in [1.807, 2.05) is 0 Å². The molecule has 94 valence electrons. The van der Waals surface area contributed by atoms with Gasteiger partial charge in [-0.15, -0.1) is 0 Å². The maximum absolute atomic E-state index is 3.72. The highest BCUT2D eigenvalue weighted by molar-refractivity contribution is 7.71. The molecule has 0 aromatic heterocycles. The fourth-order valence-electron chi connectivity index (χ4n) is 1.76. The molecule has 0 fully saturated rings. The molecule has 0 atom stereocenters. The topological polar surface area (TPSA) is 12.0 Å². The van der Waals surface area contributed by atoms with Crippen molar-refractivity contribution in [1.82, 2.24) is 5.09 Å². The Morgan fingerprint density at radius 3 is 1.67 bits per heavy atom. The standard InChI is InChI=1S/C16H20NP/c1-14(2)13-17-18(15-9-5-3-6-10-15)16-11-7-4-8-12-16/h3-12,14,17H,13H2,1-2H3. The van der Waals surface area contributed by atoms with Gasteiger partial charge in [-0.25, -0.2) is 0 Å². The third-order valence-electron chi connectivity index (χ3n) is 2.69. The van der Waals surface area contributed by atoms with Gasteiger partial charge in [0.15, 0.2) is 0 Å². The van der Waals surface area contributed by atoms with Crippen LogP contribution in [0.15, 0.2) is 60.7 Å². The van der Waals surface area contributed by atoms with Gasteiger partial charge < -0.3 is 0 Å². The van der Waals surface area contributed by atoms with Crippen LogP contribution in [0.25, 0.3) is 0 Å². The van der Waals surface area contributed by atoms with Crippen LogP contribution in [-0.4, -0.2) is 6.54 Å². The minimum absolute atomic E-state index is 0.433. The first kappa shape index (κ1) is 13.3. The van der Waals surface area contributed by atoms with Gasteiger partial charge in [-0.05, 0) is 16.5 Å². The molecule has 2 aromatic rings. The summed E-state index contributed by atoms with van der Waals surface area (Å²) in [6.07, 6.45) is 0. The molecule has 0 aliphatic heterocycles. The summed E-state index contributed by atoms with van der Waals surface area (Å²) in [6, 6.07) is 21.5. The smallest absolute Gasteiger partial charge is 0.0253 e. The van der Waals surface area contributed by atoms with Crippen LogP contribution >= 0.6 is 8.07 Å². The van der Waals surface area contributed by atoms with Crippen LogP contribution in [0.3, 0.4) is 0 Å². The zero-order valence-corrected chi connectivity index (χ0v) is 11.9. The van der Waals surface area contributed by atoms with Crippen molar-refractivity contribution in [3.63, 3.8) is 0 Å². The molecule has 18 heavy (non-hydrogen) atoms. The number of nitrogens with one attached hydrogen (secondary N) is 1. The van der Waals surface area contributed by atoms with Crippen LogP contribution in [0.1, 0.15) is 13.8 Å². The Balaban J connectivity index is 2.24. The van der Waals surface area contributed by atoms with Crippen LogP contribution in [0.4, 0.5) is 0 Å². The Kier molecular flexibility index (Phi) is 4.92. The van der Waals surface area contributed by atoms with E-state index in [0.29, 0.717) is 5.92 Å². The summed E-state index contributed by atoms with van der Waals surface area (Å²) >= 11 is 0. The molecule has 0 heterocycles. The van der Waals surface area contributed by atoms with Crippen LogP contribution in [0, 0.1) is 5.92 Å². The second kappa shape index (κ2) is 6.68. The summed E-state index contributed by atoms with van der Waals surface area (Å²) in [5.41, 5.74) is 0. The Bertz CT molecular complexity index is 414. The quantitative estimate of drug-likeness (QED) is 0.811. The minimum atomic E-state index is -0.433. The number of rotatable bonds is 5. The summed E-state index contributed by atoms with van der Waals surface area (Å²) in [4.78, 5) is 0. The van der Waals surface area contributed by atoms with E-state index in [9.17, 15) is 0 Å².